The van der Waals surface area contributed by atoms with Gasteiger partial charge in [-0.05, 0) is 37.1 Å². The average Bonchev–Trinajstić information content (AvgIpc) is 2.99. The van der Waals surface area contributed by atoms with Crippen LogP contribution in [-0.2, 0) is 46.4 Å². The molecule has 3 aromatic rings. The lowest BCUT2D eigenvalue weighted by molar-refractivity contribution is -0.471. The first-order valence-corrected chi connectivity index (χ1v) is 14.4. The van der Waals surface area contributed by atoms with Crippen molar-refractivity contribution < 1.29 is 33.2 Å². The summed E-state index contributed by atoms with van der Waals surface area (Å²) in [5, 5.41) is 0. The van der Waals surface area contributed by atoms with Gasteiger partial charge in [0.2, 0.25) is 11.6 Å². The normalized spacial score (nSPS) is 31.9. The molecule has 0 amide bonds. The summed E-state index contributed by atoms with van der Waals surface area (Å²) in [7, 11) is 3.18. The number of ether oxygens (including phenoxy) is 7. The lowest BCUT2D eigenvalue weighted by Crippen LogP contribution is -2.72. The maximum atomic E-state index is 6.75. The molecule has 0 radical (unpaired) electrons. The Morgan fingerprint density at radius 1 is 0.700 bits per heavy atom. The second kappa shape index (κ2) is 13.1. The first-order valence-electron chi connectivity index (χ1n) is 13.5. The first-order chi connectivity index (χ1) is 19.4. The third-order valence-electron chi connectivity index (χ3n) is 7.59. The second-order valence-electron chi connectivity index (χ2n) is 10.2. The Bertz CT molecular complexity index is 1180. The van der Waals surface area contributed by atoms with Gasteiger partial charge in [-0.3, -0.25) is 0 Å². The molecule has 8 heteroatoms. The van der Waals surface area contributed by atoms with E-state index in [1.54, 1.807) is 26.0 Å². The van der Waals surface area contributed by atoms with E-state index in [2.05, 4.69) is 12.1 Å². The van der Waals surface area contributed by atoms with E-state index in [-0.39, 0.29) is 0 Å². The Balaban J connectivity index is 1.44. The van der Waals surface area contributed by atoms with Crippen LogP contribution in [0.1, 0.15) is 25.0 Å². The maximum Gasteiger partial charge on any atom is 0.220 e. The van der Waals surface area contributed by atoms with E-state index < -0.39 is 41.4 Å². The van der Waals surface area contributed by atoms with Crippen LogP contribution in [0.15, 0.2) is 95.9 Å². The van der Waals surface area contributed by atoms with E-state index in [9.17, 15) is 0 Å². The third-order valence-corrected chi connectivity index (χ3v) is 8.75. The van der Waals surface area contributed by atoms with Gasteiger partial charge in [-0.15, -0.1) is 0 Å². The van der Waals surface area contributed by atoms with Crippen LogP contribution < -0.4 is 0 Å². The highest BCUT2D eigenvalue weighted by molar-refractivity contribution is 7.99. The highest BCUT2D eigenvalue weighted by Gasteiger charge is 2.62. The zero-order chi connectivity index (χ0) is 28.0. The topological polar surface area (TPSA) is 64.6 Å². The molecular weight excluding hydrogens is 528 g/mol. The Labute approximate surface area is 241 Å². The van der Waals surface area contributed by atoms with Crippen LogP contribution in [-0.4, -0.2) is 62.3 Å². The fourth-order valence-electron chi connectivity index (χ4n) is 5.03. The summed E-state index contributed by atoms with van der Waals surface area (Å²) in [6, 6.07) is 30.3. The minimum Gasteiger partial charge on any atom is -0.374 e. The summed E-state index contributed by atoms with van der Waals surface area (Å²) in [6.07, 6.45) is -1.96. The van der Waals surface area contributed by atoms with Crippen molar-refractivity contribution in [2.24, 2.45) is 0 Å². The van der Waals surface area contributed by atoms with Gasteiger partial charge in [-0.2, -0.15) is 0 Å². The van der Waals surface area contributed by atoms with Crippen LogP contribution in [0.25, 0.3) is 0 Å². The number of hydrogen-bond donors (Lipinski definition) is 0. The molecule has 2 fully saturated rings. The molecule has 5 rings (SSSR count). The number of rotatable bonds is 11. The molecule has 0 N–H and O–H groups in total. The summed E-state index contributed by atoms with van der Waals surface area (Å²) in [6.45, 7) is 4.81. The highest BCUT2D eigenvalue weighted by atomic mass is 32.2. The Hall–Kier alpha value is -2.27. The number of fused-ring (bicyclic) bond motifs is 1. The SMILES string of the molecule is CO[C@@]1(C)O[C@@H]2[C@H](OCc3ccccc3)[C@@H](Sc3ccccc3)O[C@H](COCc3ccccc3)[C@H]2O[C@]1(C)OC. The van der Waals surface area contributed by atoms with E-state index >= 15 is 0 Å². The number of thioether (sulfide) groups is 1. The monoisotopic (exact) mass is 566 g/mol. The Morgan fingerprint density at radius 2 is 1.23 bits per heavy atom. The van der Waals surface area contributed by atoms with Gasteiger partial charge < -0.3 is 33.2 Å². The van der Waals surface area contributed by atoms with Gasteiger partial charge >= 0.3 is 0 Å². The zero-order valence-corrected chi connectivity index (χ0v) is 24.3. The molecule has 0 aliphatic carbocycles. The van der Waals surface area contributed by atoms with Gasteiger partial charge in [0, 0.05) is 19.1 Å². The molecule has 2 aliphatic rings. The van der Waals surface area contributed by atoms with Gasteiger partial charge in [-0.1, -0.05) is 90.6 Å². The van der Waals surface area contributed by atoms with Crippen molar-refractivity contribution in [2.75, 3.05) is 20.8 Å². The molecule has 2 saturated heterocycles. The smallest absolute Gasteiger partial charge is 0.220 e. The number of methoxy groups -OCH3 is 2. The fourth-order valence-corrected chi connectivity index (χ4v) is 6.18. The van der Waals surface area contributed by atoms with Crippen molar-refractivity contribution in [1.29, 1.82) is 0 Å². The molecule has 7 nitrogen and oxygen atoms in total. The molecule has 2 heterocycles. The minimum absolute atomic E-state index is 0.306. The molecule has 0 bridgehead atoms. The molecule has 0 unspecified atom stereocenters. The first kappa shape index (κ1) is 29.2. The van der Waals surface area contributed by atoms with Crippen LogP contribution >= 0.6 is 11.8 Å². The molecule has 214 valence electrons. The molecule has 3 aromatic carbocycles. The van der Waals surface area contributed by atoms with Crippen molar-refractivity contribution in [1.82, 2.24) is 0 Å². The van der Waals surface area contributed by atoms with Crippen molar-refractivity contribution in [2.45, 2.75) is 73.4 Å². The lowest BCUT2D eigenvalue weighted by atomic mass is 9.94. The predicted octanol–water partition coefficient (Wildman–Crippen LogP) is 5.82. The van der Waals surface area contributed by atoms with Gasteiger partial charge in [0.15, 0.2) is 0 Å². The van der Waals surface area contributed by atoms with Crippen LogP contribution in [0.4, 0.5) is 0 Å². The van der Waals surface area contributed by atoms with Gasteiger partial charge in [0.1, 0.15) is 29.9 Å². The standard InChI is InChI=1S/C32H38O7S/c1-31(33-3)32(2,34-4)39-28-27(38-31)26(22-35-20-23-14-8-5-9-15-23)37-30(40-25-18-12-7-13-19-25)29(28)36-21-24-16-10-6-11-17-24/h5-19,26-30H,20-22H2,1-4H3/t26-,27-,28+,29+,30-,31+,32+/m1/s1. The summed E-state index contributed by atoms with van der Waals surface area (Å²) in [4.78, 5) is 1.07. The van der Waals surface area contributed by atoms with E-state index in [1.165, 1.54) is 0 Å². The van der Waals surface area contributed by atoms with Crippen molar-refractivity contribution in [3.8, 4) is 0 Å². The van der Waals surface area contributed by atoms with Gasteiger partial charge in [0.05, 0.1) is 19.8 Å². The molecular formula is C32H38O7S. The third kappa shape index (κ3) is 6.45. The Kier molecular flexibility index (Phi) is 9.60. The molecule has 2 aliphatic heterocycles. The summed E-state index contributed by atoms with van der Waals surface area (Å²) >= 11 is 1.60. The number of benzene rings is 3. The zero-order valence-electron chi connectivity index (χ0n) is 23.4. The van der Waals surface area contributed by atoms with Crippen LogP contribution in [0.2, 0.25) is 0 Å². The summed E-state index contributed by atoms with van der Waals surface area (Å²) < 4.78 is 44.6. The molecule has 0 spiro atoms. The molecule has 0 saturated carbocycles. The van der Waals surface area contributed by atoms with Crippen molar-refractivity contribution in [3.05, 3.63) is 102 Å². The van der Waals surface area contributed by atoms with Crippen LogP contribution in [0.5, 0.6) is 0 Å². The van der Waals surface area contributed by atoms with E-state index in [1.807, 2.05) is 92.7 Å². The lowest BCUT2D eigenvalue weighted by Gasteiger charge is -2.57. The molecule has 7 atom stereocenters. The molecule has 40 heavy (non-hydrogen) atoms. The van der Waals surface area contributed by atoms with Crippen molar-refractivity contribution in [3.63, 3.8) is 0 Å². The van der Waals surface area contributed by atoms with Crippen LogP contribution in [0.3, 0.4) is 0 Å². The number of hydrogen-bond acceptors (Lipinski definition) is 8. The van der Waals surface area contributed by atoms with Gasteiger partial charge in [0.25, 0.3) is 0 Å². The quantitative estimate of drug-likeness (QED) is 0.288. The minimum atomic E-state index is -1.19. The van der Waals surface area contributed by atoms with E-state index in [0.29, 0.717) is 19.8 Å². The molecule has 0 aromatic heterocycles. The van der Waals surface area contributed by atoms with Gasteiger partial charge in [-0.25, -0.2) is 0 Å². The predicted molar refractivity (Wildman–Crippen MR) is 153 cm³/mol. The highest BCUT2D eigenvalue weighted by Crippen LogP contribution is 2.46. The maximum absolute atomic E-state index is 6.75. The average molecular weight is 567 g/mol. The van der Waals surface area contributed by atoms with Crippen LogP contribution in [0, 0.1) is 0 Å². The fraction of sp³-hybridized carbons (Fsp3) is 0.438. The van der Waals surface area contributed by atoms with E-state index in [4.69, 9.17) is 33.2 Å². The summed E-state index contributed by atoms with van der Waals surface area (Å²) in [5.41, 5.74) is 1.75. The second-order valence-corrected chi connectivity index (χ2v) is 11.4. The Morgan fingerprint density at radius 3 is 1.80 bits per heavy atom. The van der Waals surface area contributed by atoms with Crippen molar-refractivity contribution >= 4 is 11.8 Å². The summed E-state index contributed by atoms with van der Waals surface area (Å²) in [5.74, 6) is -2.38. The van der Waals surface area contributed by atoms with E-state index in [0.717, 1.165) is 16.0 Å². The largest absolute Gasteiger partial charge is 0.374 e.